The number of carbonyl (C=O) groups excluding carboxylic acids is 1. The van der Waals surface area contributed by atoms with Gasteiger partial charge in [0.25, 0.3) is 0 Å². The second-order valence-electron chi connectivity index (χ2n) is 7.67. The number of nitrogens with zero attached hydrogens (tertiary/aromatic N) is 2. The number of ether oxygens (including phenoxy) is 2. The zero-order chi connectivity index (χ0) is 18.7. The molecule has 1 amide bonds. The van der Waals surface area contributed by atoms with Crippen molar-refractivity contribution in [2.45, 2.75) is 32.8 Å². The minimum absolute atomic E-state index is 0.208. The minimum atomic E-state index is -0.500. The van der Waals surface area contributed by atoms with Gasteiger partial charge in [-0.25, -0.2) is 9.18 Å². The average Bonchev–Trinajstić information content (AvgIpc) is 2.61. The number of carbonyl (C=O) groups is 1. The maximum atomic E-state index is 14.6. The fraction of sp³-hybridized carbons (Fsp3) is 0.550. The first-order chi connectivity index (χ1) is 12.3. The Morgan fingerprint density at radius 1 is 1.19 bits per heavy atom. The number of halogens is 1. The van der Waals surface area contributed by atoms with Crippen molar-refractivity contribution < 1.29 is 18.7 Å². The summed E-state index contributed by atoms with van der Waals surface area (Å²) in [5.74, 6) is -0.208. The van der Waals surface area contributed by atoms with Crippen LogP contribution in [0.25, 0.3) is 5.57 Å². The molecule has 5 nitrogen and oxygen atoms in total. The van der Waals surface area contributed by atoms with E-state index >= 15 is 0 Å². The van der Waals surface area contributed by atoms with E-state index in [9.17, 15) is 9.18 Å². The van der Waals surface area contributed by atoms with E-state index in [4.69, 9.17) is 9.47 Å². The molecule has 1 aromatic carbocycles. The maximum absolute atomic E-state index is 14.6. The van der Waals surface area contributed by atoms with Crippen LogP contribution in [-0.2, 0) is 9.47 Å². The summed E-state index contributed by atoms with van der Waals surface area (Å²) >= 11 is 0. The molecule has 2 aliphatic rings. The predicted octanol–water partition coefficient (Wildman–Crippen LogP) is 3.69. The Morgan fingerprint density at radius 3 is 2.50 bits per heavy atom. The standard InChI is InChI=1S/C20H27FN2O3/c1-20(2,3)26-19(24)23-8-6-15(7-9-23)16-4-5-18(17(21)14-16)22-10-12-25-13-11-22/h4-6,14H,7-13H2,1-3H3. The van der Waals surface area contributed by atoms with Gasteiger partial charge in [-0.1, -0.05) is 12.1 Å². The van der Waals surface area contributed by atoms with Gasteiger partial charge in [-0.3, -0.25) is 0 Å². The van der Waals surface area contributed by atoms with Crippen molar-refractivity contribution in [2.24, 2.45) is 0 Å². The molecule has 2 aliphatic heterocycles. The second kappa shape index (κ2) is 7.66. The first-order valence-corrected chi connectivity index (χ1v) is 9.13. The van der Waals surface area contributed by atoms with Gasteiger partial charge < -0.3 is 19.3 Å². The summed E-state index contributed by atoms with van der Waals surface area (Å²) in [5, 5.41) is 0. The van der Waals surface area contributed by atoms with Gasteiger partial charge in [-0.15, -0.1) is 0 Å². The first kappa shape index (κ1) is 18.7. The molecule has 1 fully saturated rings. The fourth-order valence-electron chi connectivity index (χ4n) is 3.19. The van der Waals surface area contributed by atoms with Crippen molar-refractivity contribution in [3.8, 4) is 0 Å². The summed E-state index contributed by atoms with van der Waals surface area (Å²) in [5.41, 5.74) is 2.07. The van der Waals surface area contributed by atoms with Crippen LogP contribution < -0.4 is 4.90 Å². The van der Waals surface area contributed by atoms with E-state index in [-0.39, 0.29) is 11.9 Å². The molecule has 2 heterocycles. The van der Waals surface area contributed by atoms with Gasteiger partial charge in [0.05, 0.1) is 18.9 Å². The fourth-order valence-corrected chi connectivity index (χ4v) is 3.19. The summed E-state index contributed by atoms with van der Waals surface area (Å²) in [7, 11) is 0. The molecule has 3 rings (SSSR count). The van der Waals surface area contributed by atoms with Crippen molar-refractivity contribution in [1.29, 1.82) is 0 Å². The van der Waals surface area contributed by atoms with Crippen LogP contribution in [0.1, 0.15) is 32.8 Å². The van der Waals surface area contributed by atoms with Crippen molar-refractivity contribution in [1.82, 2.24) is 4.90 Å². The van der Waals surface area contributed by atoms with Crippen LogP contribution >= 0.6 is 0 Å². The smallest absolute Gasteiger partial charge is 0.410 e. The molecule has 142 valence electrons. The number of hydrogen-bond donors (Lipinski definition) is 0. The quantitative estimate of drug-likeness (QED) is 0.805. The van der Waals surface area contributed by atoms with Gasteiger partial charge in [0.2, 0.25) is 0 Å². The monoisotopic (exact) mass is 362 g/mol. The van der Waals surface area contributed by atoms with E-state index in [1.54, 1.807) is 11.0 Å². The summed E-state index contributed by atoms with van der Waals surface area (Å²) in [6.45, 7) is 9.32. The highest BCUT2D eigenvalue weighted by Crippen LogP contribution is 2.28. The lowest BCUT2D eigenvalue weighted by Gasteiger charge is -2.30. The summed E-state index contributed by atoms with van der Waals surface area (Å²) in [6.07, 6.45) is 2.37. The van der Waals surface area contributed by atoms with Crippen LogP contribution in [0, 0.1) is 5.82 Å². The average molecular weight is 362 g/mol. The van der Waals surface area contributed by atoms with Gasteiger partial charge in [0.15, 0.2) is 0 Å². The Kier molecular flexibility index (Phi) is 5.51. The molecule has 0 aliphatic carbocycles. The van der Waals surface area contributed by atoms with Crippen LogP contribution in [0.15, 0.2) is 24.3 Å². The van der Waals surface area contributed by atoms with Gasteiger partial charge in [-0.05, 0) is 50.5 Å². The minimum Gasteiger partial charge on any atom is -0.444 e. The number of anilines is 1. The lowest BCUT2D eigenvalue weighted by Crippen LogP contribution is -2.39. The molecule has 0 spiro atoms. The Hall–Kier alpha value is -2.08. The topological polar surface area (TPSA) is 42.0 Å². The predicted molar refractivity (Wildman–Crippen MR) is 99.8 cm³/mol. The molecule has 6 heteroatoms. The number of morpholine rings is 1. The zero-order valence-electron chi connectivity index (χ0n) is 15.8. The van der Waals surface area contributed by atoms with E-state index in [0.717, 1.165) is 11.1 Å². The van der Waals surface area contributed by atoms with E-state index in [1.807, 2.05) is 43.9 Å². The molecular weight excluding hydrogens is 335 g/mol. The van der Waals surface area contributed by atoms with Gasteiger partial charge >= 0.3 is 6.09 Å². The van der Waals surface area contributed by atoms with Crippen molar-refractivity contribution >= 4 is 17.4 Å². The lowest BCUT2D eigenvalue weighted by molar-refractivity contribution is 0.0270. The molecule has 0 N–H and O–H groups in total. The van der Waals surface area contributed by atoms with E-state index in [0.29, 0.717) is 51.5 Å². The van der Waals surface area contributed by atoms with Crippen LogP contribution in [0.4, 0.5) is 14.9 Å². The maximum Gasteiger partial charge on any atom is 0.410 e. The SMILES string of the molecule is CC(C)(C)OC(=O)N1CC=C(c2ccc(N3CCOCC3)c(F)c2)CC1. The largest absolute Gasteiger partial charge is 0.444 e. The molecule has 1 saturated heterocycles. The van der Waals surface area contributed by atoms with Crippen LogP contribution in [0.5, 0.6) is 0 Å². The summed E-state index contributed by atoms with van der Waals surface area (Å²) < 4.78 is 25.3. The molecule has 26 heavy (non-hydrogen) atoms. The van der Waals surface area contributed by atoms with Gasteiger partial charge in [0.1, 0.15) is 11.4 Å². The molecular formula is C20H27FN2O3. The van der Waals surface area contributed by atoms with Crippen molar-refractivity contribution in [2.75, 3.05) is 44.3 Å². The van der Waals surface area contributed by atoms with Crippen LogP contribution in [-0.4, -0.2) is 56.0 Å². The molecule has 1 aromatic rings. The Labute approximate surface area is 154 Å². The third-order valence-electron chi connectivity index (χ3n) is 4.53. The summed E-state index contributed by atoms with van der Waals surface area (Å²) in [4.78, 5) is 15.8. The highest BCUT2D eigenvalue weighted by atomic mass is 19.1. The molecule has 0 saturated carbocycles. The number of benzene rings is 1. The van der Waals surface area contributed by atoms with Crippen LogP contribution in [0.3, 0.4) is 0 Å². The number of amides is 1. The second-order valence-corrected chi connectivity index (χ2v) is 7.67. The normalized spacial score (nSPS) is 18.5. The Balaban J connectivity index is 1.66. The van der Waals surface area contributed by atoms with Crippen molar-refractivity contribution in [3.05, 3.63) is 35.7 Å². The molecule has 0 bridgehead atoms. The molecule has 0 atom stereocenters. The first-order valence-electron chi connectivity index (χ1n) is 9.13. The molecule has 0 unspecified atom stereocenters. The number of rotatable bonds is 2. The van der Waals surface area contributed by atoms with E-state index < -0.39 is 5.60 Å². The van der Waals surface area contributed by atoms with Crippen LogP contribution in [0.2, 0.25) is 0 Å². The third kappa shape index (κ3) is 4.55. The van der Waals surface area contributed by atoms with E-state index in [1.165, 1.54) is 0 Å². The van der Waals surface area contributed by atoms with Crippen molar-refractivity contribution in [3.63, 3.8) is 0 Å². The third-order valence-corrected chi connectivity index (χ3v) is 4.53. The van der Waals surface area contributed by atoms with Gasteiger partial charge in [-0.2, -0.15) is 0 Å². The highest BCUT2D eigenvalue weighted by Gasteiger charge is 2.24. The molecule has 0 radical (unpaired) electrons. The number of hydrogen-bond acceptors (Lipinski definition) is 4. The summed E-state index contributed by atoms with van der Waals surface area (Å²) in [6, 6.07) is 5.40. The lowest BCUT2D eigenvalue weighted by atomic mass is 9.99. The Bertz CT molecular complexity index is 691. The molecule has 0 aromatic heterocycles. The Morgan fingerprint density at radius 2 is 1.92 bits per heavy atom. The van der Waals surface area contributed by atoms with Gasteiger partial charge in [0, 0.05) is 26.2 Å². The zero-order valence-corrected chi connectivity index (χ0v) is 15.8. The van der Waals surface area contributed by atoms with E-state index in [2.05, 4.69) is 0 Å². The highest BCUT2D eigenvalue weighted by molar-refractivity contribution is 5.73.